The van der Waals surface area contributed by atoms with Crippen LogP contribution in [0.2, 0.25) is 5.02 Å². The summed E-state index contributed by atoms with van der Waals surface area (Å²) in [5.74, 6) is 0.0880. The molecule has 0 heterocycles. The maximum atomic E-state index is 12.9. The van der Waals surface area contributed by atoms with E-state index in [9.17, 15) is 4.79 Å². The number of rotatable bonds is 6. The molecule has 0 spiro atoms. The Morgan fingerprint density at radius 2 is 1.50 bits per heavy atom. The summed E-state index contributed by atoms with van der Waals surface area (Å²) in [6.07, 6.45) is 0.366. The van der Waals surface area contributed by atoms with E-state index in [1.54, 1.807) is 24.3 Å². The van der Waals surface area contributed by atoms with Gasteiger partial charge in [-0.1, -0.05) is 74.8 Å². The molecular formula is C25H26ClNO. The molecule has 0 saturated heterocycles. The zero-order valence-corrected chi connectivity index (χ0v) is 17.3. The van der Waals surface area contributed by atoms with E-state index >= 15 is 0 Å². The fourth-order valence-electron chi connectivity index (χ4n) is 3.14. The van der Waals surface area contributed by atoms with E-state index in [0.29, 0.717) is 17.0 Å². The predicted molar refractivity (Wildman–Crippen MR) is 118 cm³/mol. The number of carbonyl (C=O) groups excluding carboxylic acids is 1. The second-order valence-electron chi connectivity index (χ2n) is 8.07. The lowest BCUT2D eigenvalue weighted by molar-refractivity contribution is 0.0976. The Hall–Kier alpha value is -2.58. The van der Waals surface area contributed by atoms with Gasteiger partial charge in [0.1, 0.15) is 0 Å². The second kappa shape index (κ2) is 8.62. The molecule has 0 aliphatic rings. The monoisotopic (exact) mass is 391 g/mol. The van der Waals surface area contributed by atoms with E-state index in [4.69, 9.17) is 11.6 Å². The zero-order chi connectivity index (χ0) is 20.1. The van der Waals surface area contributed by atoms with Crippen molar-refractivity contribution in [3.05, 3.63) is 101 Å². The lowest BCUT2D eigenvalue weighted by Crippen LogP contribution is -2.17. The van der Waals surface area contributed by atoms with E-state index in [0.717, 1.165) is 11.3 Å². The maximum absolute atomic E-state index is 12.9. The number of halogens is 1. The predicted octanol–water partition coefficient (Wildman–Crippen LogP) is 7.06. The van der Waals surface area contributed by atoms with Gasteiger partial charge in [0.25, 0.3) is 0 Å². The highest BCUT2D eigenvalue weighted by molar-refractivity contribution is 6.30. The summed E-state index contributed by atoms with van der Waals surface area (Å²) in [5, 5.41) is 4.15. The quantitative estimate of drug-likeness (QED) is 0.455. The van der Waals surface area contributed by atoms with Crippen LogP contribution in [0.4, 0.5) is 5.69 Å². The molecule has 0 aliphatic carbocycles. The first kappa shape index (κ1) is 20.2. The van der Waals surface area contributed by atoms with E-state index in [2.05, 4.69) is 50.4 Å². The zero-order valence-electron chi connectivity index (χ0n) is 16.6. The molecule has 0 radical (unpaired) electrons. The minimum absolute atomic E-state index is 0.0880. The lowest BCUT2D eigenvalue weighted by atomic mass is 9.86. The van der Waals surface area contributed by atoms with Gasteiger partial charge in [-0.3, -0.25) is 4.79 Å². The van der Waals surface area contributed by atoms with Crippen molar-refractivity contribution < 1.29 is 4.79 Å². The fourth-order valence-corrected chi connectivity index (χ4v) is 3.27. The molecule has 0 amide bonds. The van der Waals surface area contributed by atoms with Crippen molar-refractivity contribution in [3.8, 4) is 0 Å². The van der Waals surface area contributed by atoms with E-state index in [1.807, 2.05) is 30.3 Å². The molecule has 28 heavy (non-hydrogen) atoms. The van der Waals surface area contributed by atoms with Gasteiger partial charge >= 0.3 is 0 Å². The number of nitrogens with one attached hydrogen (secondary N) is 1. The van der Waals surface area contributed by atoms with Gasteiger partial charge in [-0.05, 0) is 52.9 Å². The third kappa shape index (κ3) is 5.24. The average Bonchev–Trinajstić information content (AvgIpc) is 2.68. The van der Waals surface area contributed by atoms with Crippen LogP contribution in [0, 0.1) is 0 Å². The molecule has 0 bridgehead atoms. The lowest BCUT2D eigenvalue weighted by Gasteiger charge is -2.23. The summed E-state index contributed by atoms with van der Waals surface area (Å²) in [4.78, 5) is 12.9. The first-order chi connectivity index (χ1) is 13.3. The van der Waals surface area contributed by atoms with Crippen LogP contribution in [0.15, 0.2) is 78.9 Å². The highest BCUT2D eigenvalue weighted by Crippen LogP contribution is 2.28. The number of para-hydroxylation sites is 1. The molecule has 3 aromatic carbocycles. The fraction of sp³-hybridized carbons (Fsp3) is 0.240. The van der Waals surface area contributed by atoms with Crippen LogP contribution < -0.4 is 5.32 Å². The third-order valence-corrected chi connectivity index (χ3v) is 5.10. The van der Waals surface area contributed by atoms with Gasteiger partial charge in [-0.25, -0.2) is 0 Å². The standard InChI is InChI=1S/C25H26ClNO/c1-25(2,3)20-13-9-18(10-14-20)23(27-22-7-5-4-6-8-22)17-24(28)19-11-15-21(26)16-12-19/h4-16,23,27H,17H2,1-3H3/t23-/m1/s1. The minimum atomic E-state index is -0.111. The molecule has 0 aromatic heterocycles. The number of Topliss-reactive ketones (excluding diaryl/α,β-unsaturated/α-hetero) is 1. The van der Waals surface area contributed by atoms with Crippen molar-refractivity contribution in [1.29, 1.82) is 0 Å². The van der Waals surface area contributed by atoms with E-state index < -0.39 is 0 Å². The molecule has 3 heteroatoms. The normalized spacial score (nSPS) is 12.4. The number of benzene rings is 3. The highest BCUT2D eigenvalue weighted by atomic mass is 35.5. The second-order valence-corrected chi connectivity index (χ2v) is 8.51. The smallest absolute Gasteiger partial charge is 0.165 e. The largest absolute Gasteiger partial charge is 0.378 e. The number of anilines is 1. The molecule has 3 rings (SSSR count). The van der Waals surface area contributed by atoms with Crippen LogP contribution in [0.1, 0.15) is 54.7 Å². The first-order valence-electron chi connectivity index (χ1n) is 9.54. The van der Waals surface area contributed by atoms with Gasteiger partial charge < -0.3 is 5.32 Å². The minimum Gasteiger partial charge on any atom is -0.378 e. The molecule has 0 unspecified atom stereocenters. The van der Waals surface area contributed by atoms with Gasteiger partial charge in [-0.15, -0.1) is 0 Å². The number of ketones is 1. The van der Waals surface area contributed by atoms with Crippen LogP contribution in [-0.4, -0.2) is 5.78 Å². The van der Waals surface area contributed by atoms with E-state index in [1.165, 1.54) is 5.56 Å². The molecule has 3 aromatic rings. The van der Waals surface area contributed by atoms with Crippen molar-refractivity contribution in [2.75, 3.05) is 5.32 Å². The molecule has 0 saturated carbocycles. The summed E-state index contributed by atoms with van der Waals surface area (Å²) in [5.41, 5.74) is 4.14. The Bertz CT molecular complexity index is 910. The summed E-state index contributed by atoms with van der Waals surface area (Å²) < 4.78 is 0. The molecule has 144 valence electrons. The van der Waals surface area contributed by atoms with Crippen LogP contribution in [0.25, 0.3) is 0 Å². The molecular weight excluding hydrogens is 366 g/mol. The van der Waals surface area contributed by atoms with Crippen molar-refractivity contribution in [1.82, 2.24) is 0 Å². The number of carbonyl (C=O) groups is 1. The van der Waals surface area contributed by atoms with Gasteiger partial charge in [0, 0.05) is 22.7 Å². The molecule has 1 atom stereocenters. The summed E-state index contributed by atoms with van der Waals surface area (Å²) >= 11 is 5.95. The van der Waals surface area contributed by atoms with Gasteiger partial charge in [0.15, 0.2) is 5.78 Å². The Balaban J connectivity index is 1.86. The number of hydrogen-bond acceptors (Lipinski definition) is 2. The van der Waals surface area contributed by atoms with Crippen molar-refractivity contribution in [2.24, 2.45) is 0 Å². The van der Waals surface area contributed by atoms with Crippen LogP contribution in [0.5, 0.6) is 0 Å². The summed E-state index contributed by atoms with van der Waals surface area (Å²) in [6, 6.07) is 25.5. The van der Waals surface area contributed by atoms with Crippen molar-refractivity contribution in [3.63, 3.8) is 0 Å². The number of hydrogen-bond donors (Lipinski definition) is 1. The van der Waals surface area contributed by atoms with Gasteiger partial charge in [0.05, 0.1) is 6.04 Å². The van der Waals surface area contributed by atoms with Crippen LogP contribution in [0.3, 0.4) is 0 Å². The molecule has 0 fully saturated rings. The third-order valence-electron chi connectivity index (χ3n) is 4.85. The maximum Gasteiger partial charge on any atom is 0.165 e. The Kier molecular flexibility index (Phi) is 6.21. The SMILES string of the molecule is CC(C)(C)c1ccc([C@@H](CC(=O)c2ccc(Cl)cc2)Nc2ccccc2)cc1. The summed E-state index contributed by atoms with van der Waals surface area (Å²) in [6.45, 7) is 6.60. The van der Waals surface area contributed by atoms with Crippen LogP contribution >= 0.6 is 11.6 Å². The molecule has 2 nitrogen and oxygen atoms in total. The Morgan fingerprint density at radius 3 is 2.07 bits per heavy atom. The Morgan fingerprint density at radius 1 is 0.893 bits per heavy atom. The van der Waals surface area contributed by atoms with Crippen LogP contribution in [-0.2, 0) is 5.41 Å². The summed E-state index contributed by atoms with van der Waals surface area (Å²) in [7, 11) is 0. The van der Waals surface area contributed by atoms with Gasteiger partial charge in [0.2, 0.25) is 0 Å². The Labute approximate surface area is 172 Å². The molecule has 1 N–H and O–H groups in total. The highest BCUT2D eigenvalue weighted by Gasteiger charge is 2.19. The van der Waals surface area contributed by atoms with Gasteiger partial charge in [-0.2, -0.15) is 0 Å². The van der Waals surface area contributed by atoms with Crippen molar-refractivity contribution in [2.45, 2.75) is 38.6 Å². The molecule has 0 aliphatic heterocycles. The van der Waals surface area contributed by atoms with E-state index in [-0.39, 0.29) is 17.2 Å². The topological polar surface area (TPSA) is 29.1 Å². The average molecular weight is 392 g/mol. The first-order valence-corrected chi connectivity index (χ1v) is 9.91. The van der Waals surface area contributed by atoms with Crippen molar-refractivity contribution >= 4 is 23.1 Å².